The quantitative estimate of drug-likeness (QED) is 0.155. The van der Waals surface area contributed by atoms with Crippen molar-refractivity contribution in [3.63, 3.8) is 0 Å². The summed E-state index contributed by atoms with van der Waals surface area (Å²) in [6.45, 7) is 37.7. The van der Waals surface area contributed by atoms with Crippen LogP contribution in [0.3, 0.4) is 0 Å². The molecule has 0 amide bonds. The first-order chi connectivity index (χ1) is 26.4. The van der Waals surface area contributed by atoms with Gasteiger partial charge in [0.05, 0.1) is 0 Å². The molecule has 0 aliphatic heterocycles. The molecule has 0 aliphatic rings. The molecular weight excluding hydrogens is 731 g/mol. The molecule has 59 heavy (non-hydrogen) atoms. The van der Waals surface area contributed by atoms with Crippen LogP contribution in [0.1, 0.15) is 154 Å². The van der Waals surface area contributed by atoms with E-state index >= 15 is 0 Å². The van der Waals surface area contributed by atoms with Gasteiger partial charge >= 0.3 is 0 Å². The molecule has 5 aromatic heterocycles. The zero-order chi connectivity index (χ0) is 44.8. The van der Waals surface area contributed by atoms with Crippen LogP contribution in [-0.4, -0.2) is 23.7 Å². The smallest absolute Gasteiger partial charge is 0.253 e. The number of hydrogen-bond donors (Lipinski definition) is 0. The third-order valence-electron chi connectivity index (χ3n) is 5.46. The van der Waals surface area contributed by atoms with Crippen LogP contribution < -0.4 is 16.7 Å². The van der Waals surface area contributed by atoms with Crippen molar-refractivity contribution < 1.29 is 0 Å². The summed E-state index contributed by atoms with van der Waals surface area (Å²) in [4.78, 5) is 40.2. The lowest BCUT2D eigenvalue weighted by Crippen LogP contribution is -2.17. The van der Waals surface area contributed by atoms with E-state index in [0.717, 1.165) is 16.7 Å². The molecule has 8 heteroatoms. The molecule has 0 N–H and O–H groups in total. The number of rotatable bonds is 0. The average molecular weight is 830 g/mol. The number of hydrogen-bond acceptors (Lipinski definition) is 5. The Morgan fingerprint density at radius 3 is 1.15 bits per heavy atom. The molecule has 0 fully saturated rings. The fraction of sp³-hybridized carbons (Fsp3) is 0.510. The van der Waals surface area contributed by atoms with Crippen LogP contribution in [-0.2, 0) is 21.1 Å². The van der Waals surface area contributed by atoms with Gasteiger partial charge in [0.15, 0.2) is 0 Å². The molecule has 346 valence electrons. The van der Waals surface area contributed by atoms with Crippen molar-refractivity contribution in [1.82, 2.24) is 23.7 Å². The lowest BCUT2D eigenvalue weighted by Gasteiger charge is -1.94. The van der Waals surface area contributed by atoms with Gasteiger partial charge in [-0.05, 0) is 87.2 Å². The van der Waals surface area contributed by atoms with E-state index in [1.807, 2.05) is 192 Å². The van der Waals surface area contributed by atoms with Crippen molar-refractivity contribution in [2.24, 2.45) is 21.1 Å². The predicted molar refractivity (Wildman–Crippen MR) is 274 cm³/mol. The van der Waals surface area contributed by atoms with Crippen LogP contribution in [0.2, 0.25) is 0 Å². The molecule has 0 aliphatic carbocycles. The van der Waals surface area contributed by atoms with Gasteiger partial charge in [0.2, 0.25) is 5.56 Å². The monoisotopic (exact) mass is 830 g/mol. The number of nitrogens with zero attached hydrogens (tertiary/aromatic N) is 5. The second-order valence-corrected chi connectivity index (χ2v) is 9.47. The molecule has 0 atom stereocenters. The highest BCUT2D eigenvalue weighted by Crippen LogP contribution is 1.90. The Hall–Kier alpha value is -4.85. The molecule has 0 radical (unpaired) electrons. The Kier molecular flexibility index (Phi) is 90.5. The molecule has 0 saturated carbocycles. The Bertz CT molecular complexity index is 1570. The minimum Gasteiger partial charge on any atom is -0.319 e. The van der Waals surface area contributed by atoms with Crippen LogP contribution in [0, 0.1) is 34.6 Å². The van der Waals surface area contributed by atoms with Crippen molar-refractivity contribution in [2.45, 2.75) is 161 Å². The predicted octanol–water partition coefficient (Wildman–Crippen LogP) is 14.6. The van der Waals surface area contributed by atoms with Crippen molar-refractivity contribution in [2.75, 3.05) is 0 Å². The fourth-order valence-electron chi connectivity index (χ4n) is 2.99. The molecule has 0 aromatic carbocycles. The molecule has 5 heterocycles. The zero-order valence-corrected chi connectivity index (χ0v) is 39.3. The van der Waals surface area contributed by atoms with Gasteiger partial charge in [-0.2, -0.15) is 0 Å². The maximum Gasteiger partial charge on any atom is 0.253 e. The molecule has 0 unspecified atom stereocenters. The molecule has 5 rings (SSSR count). The van der Waals surface area contributed by atoms with Crippen molar-refractivity contribution >= 4 is 0 Å². The molecule has 0 saturated heterocycles. The van der Waals surface area contributed by atoms with Gasteiger partial charge in [-0.25, -0.2) is 0 Å². The first-order valence-electron chi connectivity index (χ1n) is 20.0. The normalized spacial score (nSPS) is 7.15. The molecule has 5 aromatic rings. The topological polar surface area (TPSA) is 91.8 Å². The van der Waals surface area contributed by atoms with Crippen molar-refractivity contribution in [3.8, 4) is 0 Å². The minimum atomic E-state index is 0. The van der Waals surface area contributed by atoms with Gasteiger partial charge in [0.25, 0.3) is 11.1 Å². The Morgan fingerprint density at radius 2 is 0.881 bits per heavy atom. The molecule has 0 bridgehead atoms. The summed E-state index contributed by atoms with van der Waals surface area (Å²) in [5.41, 5.74) is 5.56. The Balaban J connectivity index is -0.0000000497. The second-order valence-electron chi connectivity index (χ2n) is 9.47. The maximum atomic E-state index is 10.9. The third kappa shape index (κ3) is 53.2. The van der Waals surface area contributed by atoms with E-state index in [2.05, 4.69) is 9.97 Å². The zero-order valence-electron chi connectivity index (χ0n) is 39.3. The summed E-state index contributed by atoms with van der Waals surface area (Å²) in [5, 5.41) is 0. The summed E-state index contributed by atoms with van der Waals surface area (Å²) < 4.78 is 4.68. The lowest BCUT2D eigenvalue weighted by molar-refractivity contribution is 0.849. The van der Waals surface area contributed by atoms with E-state index in [1.165, 1.54) is 11.1 Å². The van der Waals surface area contributed by atoms with Gasteiger partial charge in [-0.15, -0.1) is 0 Å². The van der Waals surface area contributed by atoms with Crippen LogP contribution in [0.15, 0.2) is 118 Å². The summed E-state index contributed by atoms with van der Waals surface area (Å²) in [6, 6.07) is 18.4. The third-order valence-corrected chi connectivity index (χ3v) is 5.46. The fourth-order valence-corrected chi connectivity index (χ4v) is 2.99. The standard InChI is InChI=1S/3C7H9NO.2C6H7N.7C2H6.4CH4/c1-6-3-4-8(2)7(9)5-6;1-6-3-4-7(9)8(2)5-6;1-6-4-3-5-8(2)7(6)9;1-6-2-4-7-5-3-6;1-6-3-2-4-7-5-6;7*1-2;;;;/h3*3-5H,1-2H3;2*2-5H,1H3;7*1-2H3;4*1H4. The molecular formula is C51H99N5O3. The van der Waals surface area contributed by atoms with Gasteiger partial charge in [0, 0.05) is 82.2 Å². The molecule has 0 spiro atoms. The summed E-state index contributed by atoms with van der Waals surface area (Å²) in [5.74, 6) is 0. The highest BCUT2D eigenvalue weighted by Gasteiger charge is 1.90. The maximum absolute atomic E-state index is 10.9. The van der Waals surface area contributed by atoms with Gasteiger partial charge in [-0.3, -0.25) is 24.4 Å². The second kappa shape index (κ2) is 65.0. The SMILES string of the molecule is C.C.C.C.CC.CC.CC.CC.CC.CC.CC.Cc1ccc(=O)n(C)c1.Cc1cccn(C)c1=O.Cc1cccnc1.Cc1ccn(C)c(=O)c1.Cc1ccncc1. The van der Waals surface area contributed by atoms with Gasteiger partial charge in [0.1, 0.15) is 0 Å². The van der Waals surface area contributed by atoms with Gasteiger partial charge < -0.3 is 13.7 Å². The number of aromatic nitrogens is 5. The average Bonchev–Trinajstić information content (AvgIpc) is 3.24. The largest absolute Gasteiger partial charge is 0.319 e. The van der Waals surface area contributed by atoms with Crippen LogP contribution >= 0.6 is 0 Å². The van der Waals surface area contributed by atoms with E-state index in [-0.39, 0.29) is 46.4 Å². The Morgan fingerprint density at radius 1 is 0.407 bits per heavy atom. The Labute approximate surface area is 367 Å². The van der Waals surface area contributed by atoms with E-state index in [0.29, 0.717) is 0 Å². The van der Waals surface area contributed by atoms with E-state index in [9.17, 15) is 14.4 Å². The van der Waals surface area contributed by atoms with Crippen molar-refractivity contribution in [3.05, 3.63) is 163 Å². The van der Waals surface area contributed by atoms with Gasteiger partial charge in [-0.1, -0.05) is 145 Å². The van der Waals surface area contributed by atoms with Crippen LogP contribution in [0.4, 0.5) is 0 Å². The first-order valence-corrected chi connectivity index (χ1v) is 20.0. The summed E-state index contributed by atoms with van der Waals surface area (Å²) >= 11 is 0. The lowest BCUT2D eigenvalue weighted by atomic mass is 10.3. The van der Waals surface area contributed by atoms with Crippen LogP contribution in [0.25, 0.3) is 0 Å². The summed E-state index contributed by atoms with van der Waals surface area (Å²) in [6.07, 6.45) is 12.5. The number of pyridine rings is 5. The van der Waals surface area contributed by atoms with E-state index in [4.69, 9.17) is 0 Å². The highest BCUT2D eigenvalue weighted by atomic mass is 16.1. The summed E-state index contributed by atoms with van der Waals surface area (Å²) in [7, 11) is 5.23. The first kappa shape index (κ1) is 82.2. The minimum absolute atomic E-state index is 0. The van der Waals surface area contributed by atoms with E-state index in [1.54, 1.807) is 78.0 Å². The van der Waals surface area contributed by atoms with E-state index < -0.39 is 0 Å². The van der Waals surface area contributed by atoms with Crippen LogP contribution in [0.5, 0.6) is 0 Å². The number of aryl methyl sites for hydroxylation is 8. The highest BCUT2D eigenvalue weighted by molar-refractivity contribution is 5.09. The van der Waals surface area contributed by atoms with Crippen molar-refractivity contribution in [1.29, 1.82) is 0 Å². The molecule has 8 nitrogen and oxygen atoms in total.